The van der Waals surface area contributed by atoms with Gasteiger partial charge in [-0.1, -0.05) is 30.3 Å². The van der Waals surface area contributed by atoms with E-state index in [9.17, 15) is 19.2 Å². The number of hydrogen-bond acceptors (Lipinski definition) is 11. The molecule has 0 saturated carbocycles. The van der Waals surface area contributed by atoms with Crippen molar-refractivity contribution in [2.24, 2.45) is 5.92 Å². The van der Waals surface area contributed by atoms with Crippen molar-refractivity contribution in [3.8, 4) is 0 Å². The van der Waals surface area contributed by atoms with Crippen LogP contribution in [0.25, 0.3) is 16.4 Å². The van der Waals surface area contributed by atoms with Crippen LogP contribution < -0.4 is 72.8 Å². The van der Waals surface area contributed by atoms with Crippen LogP contribution >= 0.6 is 0 Å². The predicted octanol–water partition coefficient (Wildman–Crippen LogP) is 1.48. The van der Waals surface area contributed by atoms with E-state index in [-0.39, 0.29) is 74.3 Å². The summed E-state index contributed by atoms with van der Waals surface area (Å²) in [5.74, 6) is 0.0304. The minimum Gasteiger partial charge on any atom is -0.658 e. The summed E-state index contributed by atoms with van der Waals surface area (Å²) in [6.07, 6.45) is 4.04. The molecule has 3 amide bonds. The van der Waals surface area contributed by atoms with E-state index in [4.69, 9.17) is 20.5 Å². The Morgan fingerprint density at radius 2 is 1.91 bits per heavy atom. The molecule has 2 atom stereocenters. The number of fused-ring (bicyclic) bond motifs is 2. The van der Waals surface area contributed by atoms with E-state index < -0.39 is 17.9 Å². The zero-order chi connectivity index (χ0) is 37.3. The summed E-state index contributed by atoms with van der Waals surface area (Å²) in [5, 5.41) is 21.6. The molecule has 278 valence electrons. The number of carbonyl (C=O) groups excluding carboxylic acids is 4. The van der Waals surface area contributed by atoms with Gasteiger partial charge >= 0.3 is 51.4 Å². The third-order valence-corrected chi connectivity index (χ3v) is 9.54. The van der Waals surface area contributed by atoms with Gasteiger partial charge in [0.1, 0.15) is 12.1 Å². The van der Waals surface area contributed by atoms with Crippen LogP contribution in [0.15, 0.2) is 54.6 Å². The molecular weight excluding hydrogens is 716 g/mol. The summed E-state index contributed by atoms with van der Waals surface area (Å²) >= 11 is 0. The third-order valence-electron chi connectivity index (χ3n) is 9.54. The Kier molecular flexibility index (Phi) is 14.9. The third kappa shape index (κ3) is 9.80. The number of carbonyl (C=O) groups is 4. The Morgan fingerprint density at radius 3 is 2.69 bits per heavy atom. The van der Waals surface area contributed by atoms with Gasteiger partial charge in [0.15, 0.2) is 0 Å². The van der Waals surface area contributed by atoms with E-state index in [0.29, 0.717) is 57.5 Å². The zero-order valence-corrected chi connectivity index (χ0v) is 34.0. The summed E-state index contributed by atoms with van der Waals surface area (Å²) in [7, 11) is 3.46. The summed E-state index contributed by atoms with van der Waals surface area (Å²) in [5.41, 5.74) is 8.48. The SMILES string of the molecule is CNOCCCC(C=O)N1C(=O)c2cccc(NCCNC(=O)CC3CCN(Cc4nc5ccc([N-]c6ccc(NC)c(C=N)c6)cc5[nH]4)C3)c2C1=O.[K+]. The topological polar surface area (TPSA) is 199 Å². The standard InChI is InChI=1S/C38H46N10O5.K/c1-40-30-10-8-26(18-25(30)20-39)44-27-9-11-31-33(19-27)46-34(45-31)22-47-15-12-24(21-47)17-35(50)43-14-13-42-32-7-3-6-29-36(32)38(52)48(37(29)51)28(23-49)5-4-16-53-41-2;/h3,6-11,18-20,23-24,28,41H,4-5,12-17,21-22H2,1-2H3,(H6,39,40,42,43,44,45,46,50,51,52);/q;+1/p-1. The minimum absolute atomic E-state index is 0. The molecule has 1 aromatic heterocycles. The van der Waals surface area contributed by atoms with Crippen molar-refractivity contribution in [2.45, 2.75) is 38.3 Å². The molecule has 6 N–H and O–H groups in total. The molecule has 3 heterocycles. The van der Waals surface area contributed by atoms with E-state index in [2.05, 4.69) is 31.3 Å². The van der Waals surface area contributed by atoms with Crippen LogP contribution in [0.5, 0.6) is 0 Å². The second-order valence-corrected chi connectivity index (χ2v) is 13.1. The number of nitrogens with one attached hydrogen (secondary N) is 6. The van der Waals surface area contributed by atoms with Crippen LogP contribution in [-0.4, -0.2) is 103 Å². The molecule has 54 heavy (non-hydrogen) atoms. The number of nitrogens with zero attached hydrogens (tertiary/aromatic N) is 4. The molecule has 0 radical (unpaired) electrons. The van der Waals surface area contributed by atoms with E-state index in [1.54, 1.807) is 25.2 Å². The van der Waals surface area contributed by atoms with Gasteiger partial charge in [0.25, 0.3) is 11.8 Å². The number of benzene rings is 3. The van der Waals surface area contributed by atoms with Crippen LogP contribution in [-0.2, 0) is 21.0 Å². The zero-order valence-electron chi connectivity index (χ0n) is 30.9. The van der Waals surface area contributed by atoms with Gasteiger partial charge in [-0.25, -0.2) is 10.5 Å². The summed E-state index contributed by atoms with van der Waals surface area (Å²) in [6.45, 7) is 3.34. The molecule has 1 fully saturated rings. The minimum atomic E-state index is -0.883. The van der Waals surface area contributed by atoms with E-state index in [0.717, 1.165) is 63.9 Å². The Morgan fingerprint density at radius 1 is 1.09 bits per heavy atom. The Labute approximate surface area is 356 Å². The fourth-order valence-electron chi connectivity index (χ4n) is 6.96. The molecule has 6 rings (SSSR count). The van der Waals surface area contributed by atoms with Gasteiger partial charge in [0, 0.05) is 63.3 Å². The first-order valence-electron chi connectivity index (χ1n) is 17.8. The number of aromatic nitrogens is 2. The summed E-state index contributed by atoms with van der Waals surface area (Å²) in [4.78, 5) is 67.7. The maximum atomic E-state index is 13.3. The number of rotatable bonds is 19. The molecule has 15 nitrogen and oxygen atoms in total. The van der Waals surface area contributed by atoms with E-state index >= 15 is 0 Å². The number of aromatic amines is 1. The fourth-order valence-corrected chi connectivity index (χ4v) is 6.96. The maximum Gasteiger partial charge on any atom is 1.00 e. The van der Waals surface area contributed by atoms with Crippen molar-refractivity contribution in [1.29, 1.82) is 5.41 Å². The first-order valence-corrected chi connectivity index (χ1v) is 17.8. The van der Waals surface area contributed by atoms with Crippen LogP contribution in [0.1, 0.15) is 57.8 Å². The fraction of sp³-hybridized carbons (Fsp3) is 0.368. The quantitative estimate of drug-likeness (QED) is 0.0203. The Bertz CT molecular complexity index is 1990. The van der Waals surface area contributed by atoms with Crippen molar-refractivity contribution in [2.75, 3.05) is 57.5 Å². The Hall–Kier alpha value is -4.00. The van der Waals surface area contributed by atoms with E-state index in [1.807, 2.05) is 43.4 Å². The molecule has 0 spiro atoms. The Balaban J connectivity index is 0.00000561. The largest absolute Gasteiger partial charge is 1.00 e. The summed E-state index contributed by atoms with van der Waals surface area (Å²) in [6, 6.07) is 15.7. The van der Waals surface area contributed by atoms with Gasteiger partial charge < -0.3 is 41.3 Å². The van der Waals surface area contributed by atoms with Crippen LogP contribution in [0.4, 0.5) is 22.7 Å². The maximum absolute atomic E-state index is 13.3. The molecule has 3 aromatic carbocycles. The van der Waals surface area contributed by atoms with Crippen LogP contribution in [0, 0.1) is 11.3 Å². The predicted molar refractivity (Wildman–Crippen MR) is 203 cm³/mol. The van der Waals surface area contributed by atoms with Gasteiger partial charge in [-0.2, -0.15) is 0 Å². The number of imidazole rings is 1. The average Bonchev–Trinajstić information content (AvgIpc) is 3.85. The molecule has 2 aliphatic heterocycles. The molecule has 1 saturated heterocycles. The van der Waals surface area contributed by atoms with Crippen LogP contribution in [0.2, 0.25) is 0 Å². The van der Waals surface area contributed by atoms with Crippen LogP contribution in [0.3, 0.4) is 0 Å². The monoisotopic (exact) mass is 760 g/mol. The molecular formula is C38H45KN10O5. The van der Waals surface area contributed by atoms with Crippen molar-refractivity contribution in [3.05, 3.63) is 82.4 Å². The number of likely N-dealkylation sites (tertiary alicyclic amines) is 1. The number of anilines is 2. The first kappa shape index (κ1) is 41.2. The van der Waals surface area contributed by atoms with Gasteiger partial charge in [-0.3, -0.25) is 24.2 Å². The van der Waals surface area contributed by atoms with Crippen molar-refractivity contribution in [3.63, 3.8) is 0 Å². The second kappa shape index (κ2) is 19.5. The molecule has 0 aliphatic carbocycles. The van der Waals surface area contributed by atoms with Gasteiger partial charge in [-0.05, 0) is 56.0 Å². The molecule has 2 aliphatic rings. The molecule has 4 aromatic rings. The molecule has 0 bridgehead atoms. The number of imide groups is 1. The number of hydrogen-bond donors (Lipinski definition) is 6. The molecule has 16 heteroatoms. The molecule has 2 unspecified atom stereocenters. The number of hydroxylamine groups is 1. The number of H-pyrrole nitrogens is 1. The average molecular weight is 761 g/mol. The number of amides is 3. The second-order valence-electron chi connectivity index (χ2n) is 13.1. The van der Waals surface area contributed by atoms with Gasteiger partial charge in [0.05, 0.1) is 41.4 Å². The van der Waals surface area contributed by atoms with Crippen molar-refractivity contribution in [1.82, 2.24) is 30.6 Å². The first-order chi connectivity index (χ1) is 25.8. The van der Waals surface area contributed by atoms with Gasteiger partial charge in [0.2, 0.25) is 5.91 Å². The van der Waals surface area contributed by atoms with E-state index in [1.165, 1.54) is 6.21 Å². The van der Waals surface area contributed by atoms with Crippen molar-refractivity contribution >= 4 is 64.0 Å². The smallest absolute Gasteiger partial charge is 0.658 e. The number of aldehydes is 1. The van der Waals surface area contributed by atoms with Crippen molar-refractivity contribution < 1.29 is 75.4 Å². The normalized spacial score (nSPS) is 15.8. The summed E-state index contributed by atoms with van der Waals surface area (Å²) < 4.78 is 0. The van der Waals surface area contributed by atoms with Gasteiger partial charge in [-0.15, -0.1) is 11.4 Å².